The van der Waals surface area contributed by atoms with Crippen molar-refractivity contribution in [1.29, 1.82) is 0 Å². The third-order valence-corrected chi connectivity index (χ3v) is 3.38. The molecule has 0 radical (unpaired) electrons. The van der Waals surface area contributed by atoms with Gasteiger partial charge in [-0.05, 0) is 6.42 Å². The SMILES string of the molecule is CCCn1c(Cn2cncn2)nnc1S(=O)(=O)Cl. The van der Waals surface area contributed by atoms with E-state index in [1.807, 2.05) is 6.92 Å². The Labute approximate surface area is 108 Å². The summed E-state index contributed by atoms with van der Waals surface area (Å²) in [5.74, 6) is 0.474. The Balaban J connectivity index is 2.39. The van der Waals surface area contributed by atoms with Crippen molar-refractivity contribution in [3.05, 3.63) is 18.5 Å². The van der Waals surface area contributed by atoms with Crippen molar-refractivity contribution in [1.82, 2.24) is 29.5 Å². The molecule has 0 atom stereocenters. The van der Waals surface area contributed by atoms with Crippen molar-refractivity contribution in [3.8, 4) is 0 Å². The minimum atomic E-state index is -3.90. The number of rotatable bonds is 5. The molecule has 0 bridgehead atoms. The maximum absolute atomic E-state index is 11.4. The van der Waals surface area contributed by atoms with Crippen LogP contribution in [0, 0.1) is 0 Å². The summed E-state index contributed by atoms with van der Waals surface area (Å²) in [5, 5.41) is 11.1. The predicted octanol–water partition coefficient (Wildman–Crippen LogP) is 0.255. The first-order valence-electron chi connectivity index (χ1n) is 5.21. The molecule has 0 saturated heterocycles. The van der Waals surface area contributed by atoms with E-state index in [2.05, 4.69) is 20.3 Å². The fraction of sp³-hybridized carbons (Fsp3) is 0.500. The first-order valence-corrected chi connectivity index (χ1v) is 7.52. The van der Waals surface area contributed by atoms with Crippen LogP contribution in [0.2, 0.25) is 0 Å². The van der Waals surface area contributed by atoms with Crippen molar-refractivity contribution in [2.75, 3.05) is 0 Å². The minimum Gasteiger partial charge on any atom is -0.299 e. The minimum absolute atomic E-state index is 0.235. The standard InChI is InChI=1S/C8H11ClN6O2S/c1-2-3-15-7(4-14-6-10-5-11-14)12-13-8(15)18(9,16)17/h5-6H,2-4H2,1H3. The van der Waals surface area contributed by atoms with Crippen LogP contribution in [-0.4, -0.2) is 37.9 Å². The van der Waals surface area contributed by atoms with Crippen molar-refractivity contribution in [2.24, 2.45) is 0 Å². The van der Waals surface area contributed by atoms with Gasteiger partial charge in [-0.2, -0.15) is 5.10 Å². The zero-order valence-corrected chi connectivity index (χ0v) is 11.1. The number of hydrogen-bond donors (Lipinski definition) is 0. The van der Waals surface area contributed by atoms with Crippen molar-refractivity contribution in [3.63, 3.8) is 0 Å². The molecule has 0 spiro atoms. The van der Waals surface area contributed by atoms with E-state index < -0.39 is 9.05 Å². The maximum Gasteiger partial charge on any atom is 0.296 e. The number of nitrogens with zero attached hydrogens (tertiary/aromatic N) is 6. The zero-order valence-electron chi connectivity index (χ0n) is 9.56. The van der Waals surface area contributed by atoms with Crippen LogP contribution in [0.25, 0.3) is 0 Å². The zero-order chi connectivity index (χ0) is 13.2. The van der Waals surface area contributed by atoms with Crippen LogP contribution in [0.5, 0.6) is 0 Å². The smallest absolute Gasteiger partial charge is 0.296 e. The van der Waals surface area contributed by atoms with E-state index in [1.54, 1.807) is 0 Å². The summed E-state index contributed by atoms with van der Waals surface area (Å²) >= 11 is 0. The molecule has 0 aliphatic rings. The molecule has 18 heavy (non-hydrogen) atoms. The molecular formula is C8H11ClN6O2S. The molecule has 2 heterocycles. The number of aromatic nitrogens is 6. The lowest BCUT2D eigenvalue weighted by Crippen LogP contribution is -2.12. The lowest BCUT2D eigenvalue weighted by Gasteiger charge is -2.06. The van der Waals surface area contributed by atoms with Gasteiger partial charge in [-0.25, -0.2) is 18.1 Å². The van der Waals surface area contributed by atoms with Gasteiger partial charge in [0.25, 0.3) is 14.2 Å². The van der Waals surface area contributed by atoms with Crippen LogP contribution in [-0.2, 0) is 22.1 Å². The van der Waals surface area contributed by atoms with Crippen molar-refractivity contribution >= 4 is 19.7 Å². The van der Waals surface area contributed by atoms with Crippen molar-refractivity contribution < 1.29 is 8.42 Å². The lowest BCUT2D eigenvalue weighted by atomic mass is 10.4. The second-order valence-electron chi connectivity index (χ2n) is 3.58. The van der Waals surface area contributed by atoms with Crippen LogP contribution in [0.4, 0.5) is 0 Å². The summed E-state index contributed by atoms with van der Waals surface area (Å²) in [7, 11) is 1.41. The van der Waals surface area contributed by atoms with E-state index in [1.165, 1.54) is 21.9 Å². The molecule has 0 amide bonds. The Kier molecular flexibility index (Phi) is 3.62. The van der Waals surface area contributed by atoms with E-state index in [0.29, 0.717) is 18.9 Å². The second-order valence-corrected chi connectivity index (χ2v) is 6.04. The fourth-order valence-electron chi connectivity index (χ4n) is 1.52. The number of hydrogen-bond acceptors (Lipinski definition) is 6. The average Bonchev–Trinajstić information content (AvgIpc) is 2.89. The maximum atomic E-state index is 11.4. The summed E-state index contributed by atoms with van der Waals surface area (Å²) in [5.41, 5.74) is 0. The van der Waals surface area contributed by atoms with Crippen molar-refractivity contribution in [2.45, 2.75) is 31.6 Å². The highest BCUT2D eigenvalue weighted by Crippen LogP contribution is 2.15. The molecule has 8 nitrogen and oxygen atoms in total. The molecule has 2 aromatic rings. The van der Waals surface area contributed by atoms with Gasteiger partial charge in [-0.1, -0.05) is 6.92 Å². The lowest BCUT2D eigenvalue weighted by molar-refractivity contribution is 0.538. The summed E-state index contributed by atoms with van der Waals surface area (Å²) < 4.78 is 25.7. The Morgan fingerprint density at radius 1 is 1.39 bits per heavy atom. The highest BCUT2D eigenvalue weighted by Gasteiger charge is 2.22. The van der Waals surface area contributed by atoms with Crippen LogP contribution in [0.1, 0.15) is 19.2 Å². The van der Waals surface area contributed by atoms with Gasteiger partial charge < -0.3 is 0 Å². The summed E-state index contributed by atoms with van der Waals surface area (Å²) in [6, 6.07) is 0. The van der Waals surface area contributed by atoms with E-state index >= 15 is 0 Å². The molecule has 10 heteroatoms. The molecule has 98 valence electrons. The van der Waals surface area contributed by atoms with E-state index in [-0.39, 0.29) is 5.16 Å². The Morgan fingerprint density at radius 3 is 2.72 bits per heavy atom. The van der Waals surface area contributed by atoms with E-state index in [9.17, 15) is 8.42 Å². The normalized spacial score (nSPS) is 11.9. The van der Waals surface area contributed by atoms with Gasteiger partial charge in [-0.3, -0.25) is 4.57 Å². The molecule has 0 aromatic carbocycles. The quantitative estimate of drug-likeness (QED) is 0.733. The second kappa shape index (κ2) is 5.02. The largest absolute Gasteiger partial charge is 0.299 e. The third kappa shape index (κ3) is 2.67. The van der Waals surface area contributed by atoms with Gasteiger partial charge >= 0.3 is 0 Å². The molecule has 0 aliphatic heterocycles. The van der Waals surface area contributed by atoms with Gasteiger partial charge in [0.1, 0.15) is 19.2 Å². The average molecular weight is 291 g/mol. The molecule has 0 aliphatic carbocycles. The van der Waals surface area contributed by atoms with Gasteiger partial charge in [0.2, 0.25) is 0 Å². The molecule has 0 fully saturated rings. The molecule has 0 unspecified atom stereocenters. The molecule has 2 aromatic heterocycles. The Hall–Kier alpha value is -1.48. The molecular weight excluding hydrogens is 280 g/mol. The Bertz CT molecular complexity index is 620. The number of halogens is 1. The molecule has 0 saturated carbocycles. The molecule has 2 rings (SSSR count). The molecule has 0 N–H and O–H groups in total. The highest BCUT2D eigenvalue weighted by atomic mass is 35.7. The summed E-state index contributed by atoms with van der Waals surface area (Å²) in [6.07, 6.45) is 3.64. The summed E-state index contributed by atoms with van der Waals surface area (Å²) in [4.78, 5) is 3.80. The summed E-state index contributed by atoms with van der Waals surface area (Å²) in [6.45, 7) is 2.68. The van der Waals surface area contributed by atoms with Gasteiger partial charge in [0, 0.05) is 17.2 Å². The predicted molar refractivity (Wildman–Crippen MR) is 62.5 cm³/mol. The fourth-order valence-corrected chi connectivity index (χ4v) is 2.46. The first kappa shape index (κ1) is 13.0. The van der Waals surface area contributed by atoms with Crippen LogP contribution in [0.15, 0.2) is 17.8 Å². The van der Waals surface area contributed by atoms with Crippen LogP contribution in [0.3, 0.4) is 0 Å². The van der Waals surface area contributed by atoms with E-state index in [0.717, 1.165) is 6.42 Å². The van der Waals surface area contributed by atoms with Crippen LogP contribution < -0.4 is 0 Å². The highest BCUT2D eigenvalue weighted by molar-refractivity contribution is 8.13. The first-order chi connectivity index (χ1) is 8.52. The van der Waals surface area contributed by atoms with Gasteiger partial charge in [0.05, 0.1) is 0 Å². The van der Waals surface area contributed by atoms with Gasteiger partial charge in [-0.15, -0.1) is 10.2 Å². The van der Waals surface area contributed by atoms with Crippen LogP contribution >= 0.6 is 10.7 Å². The Morgan fingerprint density at radius 2 is 2.17 bits per heavy atom. The topological polar surface area (TPSA) is 95.6 Å². The third-order valence-electron chi connectivity index (χ3n) is 2.23. The van der Waals surface area contributed by atoms with Gasteiger partial charge in [0.15, 0.2) is 5.82 Å². The monoisotopic (exact) mass is 290 g/mol. The van der Waals surface area contributed by atoms with E-state index in [4.69, 9.17) is 10.7 Å².